The van der Waals surface area contributed by atoms with Crippen molar-refractivity contribution in [2.45, 2.75) is 37.9 Å². The Hall–Kier alpha value is -2.23. The number of halogens is 3. The lowest BCUT2D eigenvalue weighted by atomic mass is 9.85. The molecule has 23 heavy (non-hydrogen) atoms. The van der Waals surface area contributed by atoms with Crippen LogP contribution in [-0.2, 0) is 4.79 Å². The lowest BCUT2D eigenvalue weighted by molar-refractivity contribution is -0.184. The Morgan fingerprint density at radius 1 is 1.26 bits per heavy atom. The average Bonchev–Trinajstić information content (AvgIpc) is 2.53. The fraction of sp³-hybridized carbons (Fsp3) is 0.500. The minimum absolute atomic E-state index is 0.0148. The van der Waals surface area contributed by atoms with Crippen molar-refractivity contribution in [3.05, 3.63) is 29.8 Å². The van der Waals surface area contributed by atoms with E-state index in [9.17, 15) is 18.0 Å². The Labute approximate surface area is 132 Å². The second kappa shape index (κ2) is 7.36. The van der Waals surface area contributed by atoms with Crippen molar-refractivity contribution >= 4 is 11.6 Å². The van der Waals surface area contributed by atoms with Gasteiger partial charge in [0.15, 0.2) is 0 Å². The number of rotatable bonds is 4. The maximum absolute atomic E-state index is 12.7. The summed E-state index contributed by atoms with van der Waals surface area (Å²) in [4.78, 5) is 11.9. The number of carbonyl (C=O) groups excluding carboxylic acids is 1. The van der Waals surface area contributed by atoms with Crippen LogP contribution in [0.1, 0.15) is 31.2 Å². The number of alkyl halides is 3. The molecule has 124 valence electrons. The maximum atomic E-state index is 12.7. The number of nitriles is 1. The zero-order valence-corrected chi connectivity index (χ0v) is 12.5. The molecule has 4 nitrogen and oxygen atoms in total. The highest BCUT2D eigenvalue weighted by Crippen LogP contribution is 2.37. The minimum Gasteiger partial charge on any atom is -0.376 e. The Bertz CT molecular complexity index is 578. The second-order valence-corrected chi connectivity index (χ2v) is 5.71. The van der Waals surface area contributed by atoms with Crippen LogP contribution in [0.2, 0.25) is 0 Å². The van der Waals surface area contributed by atoms with Gasteiger partial charge in [0.2, 0.25) is 5.91 Å². The summed E-state index contributed by atoms with van der Waals surface area (Å²) in [5.41, 5.74) is 1.19. The van der Waals surface area contributed by atoms with Crippen molar-refractivity contribution in [3.63, 3.8) is 0 Å². The van der Waals surface area contributed by atoms with Crippen LogP contribution in [0.4, 0.5) is 18.9 Å². The molecule has 1 fully saturated rings. The summed E-state index contributed by atoms with van der Waals surface area (Å²) >= 11 is 0. The summed E-state index contributed by atoms with van der Waals surface area (Å²) in [6, 6.07) is 8.15. The molecule has 0 unspecified atom stereocenters. The fourth-order valence-electron chi connectivity index (χ4n) is 2.74. The van der Waals surface area contributed by atoms with Crippen molar-refractivity contribution in [3.8, 4) is 6.07 Å². The van der Waals surface area contributed by atoms with Crippen molar-refractivity contribution in [1.29, 1.82) is 5.26 Å². The van der Waals surface area contributed by atoms with E-state index in [2.05, 4.69) is 10.6 Å². The third-order valence-corrected chi connectivity index (χ3v) is 3.97. The summed E-state index contributed by atoms with van der Waals surface area (Å²) in [6.07, 6.45) is -3.05. The number of amides is 1. The lowest BCUT2D eigenvalue weighted by Crippen LogP contribution is -2.43. The molecule has 1 aliphatic rings. The number of benzene rings is 1. The van der Waals surface area contributed by atoms with Gasteiger partial charge < -0.3 is 10.6 Å². The summed E-state index contributed by atoms with van der Waals surface area (Å²) < 4.78 is 38.2. The first-order valence-corrected chi connectivity index (χ1v) is 7.48. The molecule has 1 aromatic carbocycles. The average molecular weight is 325 g/mol. The van der Waals surface area contributed by atoms with Crippen LogP contribution in [0.25, 0.3) is 0 Å². The first kappa shape index (κ1) is 17.1. The van der Waals surface area contributed by atoms with Gasteiger partial charge in [-0.05, 0) is 43.5 Å². The molecule has 1 aliphatic carbocycles. The first-order chi connectivity index (χ1) is 10.9. The number of hydrogen-bond acceptors (Lipinski definition) is 3. The highest BCUT2D eigenvalue weighted by atomic mass is 19.4. The van der Waals surface area contributed by atoms with Crippen LogP contribution in [0.5, 0.6) is 0 Å². The van der Waals surface area contributed by atoms with E-state index in [0.29, 0.717) is 24.1 Å². The van der Waals surface area contributed by atoms with Crippen LogP contribution in [0, 0.1) is 17.2 Å². The SMILES string of the molecule is N#Cc1ccc(NCC(=O)N[C@@H]2CCC[C@H](C(F)(F)F)C2)cc1. The minimum atomic E-state index is -4.19. The van der Waals surface area contributed by atoms with E-state index in [1.165, 1.54) is 0 Å². The van der Waals surface area contributed by atoms with Gasteiger partial charge in [-0.1, -0.05) is 6.42 Å². The molecule has 7 heteroatoms. The van der Waals surface area contributed by atoms with Gasteiger partial charge in [-0.25, -0.2) is 0 Å². The van der Waals surface area contributed by atoms with Crippen LogP contribution >= 0.6 is 0 Å². The van der Waals surface area contributed by atoms with Crippen molar-refractivity contribution in [2.75, 3.05) is 11.9 Å². The second-order valence-electron chi connectivity index (χ2n) is 5.71. The molecule has 0 bridgehead atoms. The number of hydrogen-bond donors (Lipinski definition) is 2. The van der Waals surface area contributed by atoms with Crippen LogP contribution in [-0.4, -0.2) is 24.7 Å². The predicted molar refractivity (Wildman–Crippen MR) is 79.6 cm³/mol. The number of nitrogens with one attached hydrogen (secondary N) is 2. The molecule has 0 aliphatic heterocycles. The van der Waals surface area contributed by atoms with Gasteiger partial charge in [0.05, 0.1) is 24.1 Å². The molecule has 0 heterocycles. The molecule has 1 saturated carbocycles. The summed E-state index contributed by atoms with van der Waals surface area (Å²) in [5.74, 6) is -1.66. The van der Waals surface area contributed by atoms with Gasteiger partial charge >= 0.3 is 6.18 Å². The van der Waals surface area contributed by atoms with Gasteiger partial charge in [-0.3, -0.25) is 4.79 Å². The molecule has 0 radical (unpaired) electrons. The van der Waals surface area contributed by atoms with Gasteiger partial charge in [0, 0.05) is 11.7 Å². The van der Waals surface area contributed by atoms with Gasteiger partial charge in [0.25, 0.3) is 0 Å². The quantitative estimate of drug-likeness (QED) is 0.893. The molecular weight excluding hydrogens is 307 g/mol. The van der Waals surface area contributed by atoms with E-state index >= 15 is 0 Å². The van der Waals surface area contributed by atoms with E-state index in [0.717, 1.165) is 0 Å². The van der Waals surface area contributed by atoms with Crippen molar-refractivity contribution < 1.29 is 18.0 Å². The van der Waals surface area contributed by atoms with Gasteiger partial charge in [-0.2, -0.15) is 18.4 Å². The number of nitrogens with zero attached hydrogens (tertiary/aromatic N) is 1. The Balaban J connectivity index is 1.79. The summed E-state index contributed by atoms with van der Waals surface area (Å²) in [6.45, 7) is -0.0148. The highest BCUT2D eigenvalue weighted by Gasteiger charge is 2.42. The van der Waals surface area contributed by atoms with Crippen LogP contribution < -0.4 is 10.6 Å². The van der Waals surface area contributed by atoms with Crippen molar-refractivity contribution in [2.24, 2.45) is 5.92 Å². The largest absolute Gasteiger partial charge is 0.391 e. The molecule has 2 N–H and O–H groups in total. The van der Waals surface area contributed by atoms with E-state index in [1.54, 1.807) is 24.3 Å². The standard InChI is InChI=1S/C16H18F3N3O/c17-16(18,19)12-2-1-3-14(8-12)22-15(23)10-21-13-6-4-11(9-20)5-7-13/h4-7,12,14,21H,1-3,8,10H2,(H,22,23)/t12-,14+/m0/s1. The van der Waals surface area contributed by atoms with E-state index in [-0.39, 0.29) is 25.3 Å². The summed E-state index contributed by atoms with van der Waals surface area (Å²) in [7, 11) is 0. The molecule has 0 aromatic heterocycles. The predicted octanol–water partition coefficient (Wildman–Crippen LogP) is 3.21. The normalized spacial score (nSPS) is 21.3. The molecular formula is C16H18F3N3O. The fourth-order valence-corrected chi connectivity index (χ4v) is 2.74. The molecule has 0 spiro atoms. The van der Waals surface area contributed by atoms with E-state index < -0.39 is 18.1 Å². The Morgan fingerprint density at radius 2 is 1.96 bits per heavy atom. The smallest absolute Gasteiger partial charge is 0.376 e. The molecule has 1 amide bonds. The monoisotopic (exact) mass is 325 g/mol. The Morgan fingerprint density at radius 3 is 2.57 bits per heavy atom. The zero-order valence-electron chi connectivity index (χ0n) is 12.5. The highest BCUT2D eigenvalue weighted by molar-refractivity contribution is 5.81. The van der Waals surface area contributed by atoms with E-state index in [4.69, 9.17) is 5.26 Å². The van der Waals surface area contributed by atoms with Crippen molar-refractivity contribution in [1.82, 2.24) is 5.32 Å². The van der Waals surface area contributed by atoms with Gasteiger partial charge in [-0.15, -0.1) is 0 Å². The molecule has 2 atom stereocenters. The maximum Gasteiger partial charge on any atom is 0.391 e. The summed E-state index contributed by atoms with van der Waals surface area (Å²) in [5, 5.41) is 14.2. The lowest BCUT2D eigenvalue weighted by Gasteiger charge is -2.31. The van der Waals surface area contributed by atoms with Crippen LogP contribution in [0.3, 0.4) is 0 Å². The van der Waals surface area contributed by atoms with E-state index in [1.807, 2.05) is 6.07 Å². The topological polar surface area (TPSA) is 64.9 Å². The third kappa shape index (κ3) is 5.16. The third-order valence-electron chi connectivity index (χ3n) is 3.97. The first-order valence-electron chi connectivity index (χ1n) is 7.48. The van der Waals surface area contributed by atoms with Crippen LogP contribution in [0.15, 0.2) is 24.3 Å². The Kier molecular flexibility index (Phi) is 5.48. The van der Waals surface area contributed by atoms with Gasteiger partial charge in [0.1, 0.15) is 0 Å². The molecule has 0 saturated heterocycles. The molecule has 1 aromatic rings. The number of anilines is 1. The molecule has 2 rings (SSSR count). The number of carbonyl (C=O) groups is 1. The zero-order chi connectivity index (χ0) is 16.9.